The predicted molar refractivity (Wildman–Crippen MR) is 67.2 cm³/mol. The summed E-state index contributed by atoms with van der Waals surface area (Å²) < 4.78 is 0.959. The molecule has 1 aromatic rings. The lowest BCUT2D eigenvalue weighted by Gasteiger charge is -2.15. The van der Waals surface area contributed by atoms with E-state index in [9.17, 15) is 4.79 Å². The van der Waals surface area contributed by atoms with Gasteiger partial charge in [0.2, 0.25) is 0 Å². The van der Waals surface area contributed by atoms with Gasteiger partial charge in [0.1, 0.15) is 0 Å². The molecule has 1 unspecified atom stereocenters. The number of amides is 1. The third-order valence-electron chi connectivity index (χ3n) is 2.15. The largest absolute Gasteiger partial charge is 0.350 e. The molecule has 0 saturated carbocycles. The lowest BCUT2D eigenvalue weighted by molar-refractivity contribution is 0.0953. The van der Waals surface area contributed by atoms with Gasteiger partial charge in [-0.3, -0.25) is 4.79 Å². The normalized spacial score (nSPS) is 12.9. The summed E-state index contributed by atoms with van der Waals surface area (Å²) in [4.78, 5) is 12.3. The zero-order valence-corrected chi connectivity index (χ0v) is 11.2. The Bertz CT molecular complexity index is 338. The molecule has 1 amide bonds. The fourth-order valence-corrected chi connectivity index (χ4v) is 2.27. The summed E-state index contributed by atoms with van der Waals surface area (Å²) in [5.74, 6) is 0.321. The maximum atomic E-state index is 11.6. The van der Waals surface area contributed by atoms with Crippen molar-refractivity contribution in [1.82, 2.24) is 5.32 Å². The van der Waals surface area contributed by atoms with Crippen molar-refractivity contribution in [3.8, 4) is 0 Å². The predicted octanol–water partition coefficient (Wildman–Crippen LogP) is 2.22. The molecule has 0 fully saturated rings. The summed E-state index contributed by atoms with van der Waals surface area (Å²) in [6, 6.07) is 3.67. The van der Waals surface area contributed by atoms with Gasteiger partial charge in [-0.25, -0.2) is 0 Å². The molecule has 0 bridgehead atoms. The van der Waals surface area contributed by atoms with Gasteiger partial charge in [0.15, 0.2) is 0 Å². The van der Waals surface area contributed by atoms with E-state index in [0.29, 0.717) is 17.3 Å². The average molecular weight is 291 g/mol. The first-order valence-electron chi connectivity index (χ1n) is 4.80. The van der Waals surface area contributed by atoms with E-state index in [4.69, 9.17) is 5.73 Å². The number of carbonyl (C=O) groups is 1. The van der Waals surface area contributed by atoms with Crippen LogP contribution in [0.15, 0.2) is 15.9 Å². The molecular formula is C10H15BrN2OS. The minimum Gasteiger partial charge on any atom is -0.350 e. The Balaban J connectivity index is 2.43. The monoisotopic (exact) mass is 290 g/mol. The Hall–Kier alpha value is -0.390. The van der Waals surface area contributed by atoms with E-state index in [0.717, 1.165) is 3.79 Å². The molecule has 15 heavy (non-hydrogen) atoms. The highest BCUT2D eigenvalue weighted by Crippen LogP contribution is 2.21. The van der Waals surface area contributed by atoms with Crippen LogP contribution >= 0.6 is 27.3 Å². The van der Waals surface area contributed by atoms with Crippen LogP contribution in [0.3, 0.4) is 0 Å². The number of hydrogen-bond donors (Lipinski definition) is 2. The third kappa shape index (κ3) is 3.93. The van der Waals surface area contributed by atoms with Crippen LogP contribution in [-0.2, 0) is 0 Å². The number of thiophene rings is 1. The van der Waals surface area contributed by atoms with Crippen LogP contribution in [0.1, 0.15) is 23.5 Å². The smallest absolute Gasteiger partial charge is 0.261 e. The molecule has 1 rings (SSSR count). The highest BCUT2D eigenvalue weighted by atomic mass is 79.9. The Labute approximate surface area is 102 Å². The summed E-state index contributed by atoms with van der Waals surface area (Å²) in [5, 5.41) is 2.82. The number of carbonyl (C=O) groups excluding carboxylic acids is 1. The molecule has 3 N–H and O–H groups in total. The standard InChI is InChI=1S/C10H15BrN2OS/c1-6(2)7(12)5-13-10(14)8-3-4-9(11)15-8/h3-4,6-7H,5,12H2,1-2H3,(H,13,14). The Kier molecular flexibility index (Phi) is 4.76. The van der Waals surface area contributed by atoms with E-state index < -0.39 is 0 Å². The van der Waals surface area contributed by atoms with Crippen LogP contribution in [0.2, 0.25) is 0 Å². The second-order valence-electron chi connectivity index (χ2n) is 3.72. The van der Waals surface area contributed by atoms with Crippen LogP contribution in [0.25, 0.3) is 0 Å². The molecule has 0 aromatic carbocycles. The van der Waals surface area contributed by atoms with Crippen LogP contribution in [0.4, 0.5) is 0 Å². The minimum atomic E-state index is -0.0539. The lowest BCUT2D eigenvalue weighted by atomic mass is 10.1. The Morgan fingerprint density at radius 1 is 1.60 bits per heavy atom. The van der Waals surface area contributed by atoms with E-state index in [2.05, 4.69) is 21.2 Å². The van der Waals surface area contributed by atoms with Crippen molar-refractivity contribution in [3.05, 3.63) is 20.8 Å². The SMILES string of the molecule is CC(C)C(N)CNC(=O)c1ccc(Br)s1. The minimum absolute atomic E-state index is 0.0114. The van der Waals surface area contributed by atoms with Crippen molar-refractivity contribution in [2.75, 3.05) is 6.54 Å². The van der Waals surface area contributed by atoms with Crippen molar-refractivity contribution < 1.29 is 4.79 Å². The molecule has 3 nitrogen and oxygen atoms in total. The van der Waals surface area contributed by atoms with Crippen molar-refractivity contribution in [1.29, 1.82) is 0 Å². The van der Waals surface area contributed by atoms with Gasteiger partial charge in [0.25, 0.3) is 5.91 Å². The molecule has 0 radical (unpaired) electrons. The second kappa shape index (κ2) is 5.63. The van der Waals surface area contributed by atoms with E-state index in [1.54, 1.807) is 6.07 Å². The summed E-state index contributed by atoms with van der Waals surface area (Å²) in [6.07, 6.45) is 0. The molecule has 1 atom stereocenters. The maximum absolute atomic E-state index is 11.6. The molecule has 0 aliphatic carbocycles. The average Bonchev–Trinajstić information content (AvgIpc) is 2.60. The van der Waals surface area contributed by atoms with Gasteiger partial charge < -0.3 is 11.1 Å². The number of halogens is 1. The van der Waals surface area contributed by atoms with Gasteiger partial charge in [0, 0.05) is 12.6 Å². The zero-order valence-electron chi connectivity index (χ0n) is 8.79. The second-order valence-corrected chi connectivity index (χ2v) is 6.18. The topological polar surface area (TPSA) is 55.1 Å². The molecule has 0 aliphatic rings. The van der Waals surface area contributed by atoms with Crippen molar-refractivity contribution in [2.45, 2.75) is 19.9 Å². The van der Waals surface area contributed by atoms with E-state index >= 15 is 0 Å². The fraction of sp³-hybridized carbons (Fsp3) is 0.500. The molecule has 1 heterocycles. The number of hydrogen-bond acceptors (Lipinski definition) is 3. The van der Waals surface area contributed by atoms with Gasteiger partial charge in [0.05, 0.1) is 8.66 Å². The highest BCUT2D eigenvalue weighted by Gasteiger charge is 2.11. The van der Waals surface area contributed by atoms with Crippen molar-refractivity contribution in [2.24, 2.45) is 11.7 Å². The van der Waals surface area contributed by atoms with Gasteiger partial charge in [-0.05, 0) is 34.0 Å². The van der Waals surface area contributed by atoms with E-state index in [1.165, 1.54) is 11.3 Å². The maximum Gasteiger partial charge on any atom is 0.261 e. The molecule has 0 aliphatic heterocycles. The lowest BCUT2D eigenvalue weighted by Crippen LogP contribution is -2.40. The number of nitrogens with one attached hydrogen (secondary N) is 1. The first-order chi connectivity index (χ1) is 7.00. The Morgan fingerprint density at radius 3 is 2.73 bits per heavy atom. The van der Waals surface area contributed by atoms with Crippen molar-refractivity contribution in [3.63, 3.8) is 0 Å². The number of rotatable bonds is 4. The summed E-state index contributed by atoms with van der Waals surface area (Å²) in [6.45, 7) is 4.60. The molecule has 0 spiro atoms. The Morgan fingerprint density at radius 2 is 2.27 bits per heavy atom. The van der Waals surface area contributed by atoms with Gasteiger partial charge in [-0.15, -0.1) is 11.3 Å². The molecule has 1 aromatic heterocycles. The van der Waals surface area contributed by atoms with Crippen LogP contribution < -0.4 is 11.1 Å². The first kappa shape index (κ1) is 12.7. The fourth-order valence-electron chi connectivity index (χ4n) is 0.970. The third-order valence-corrected chi connectivity index (χ3v) is 3.77. The first-order valence-corrected chi connectivity index (χ1v) is 6.40. The number of nitrogens with two attached hydrogens (primary N) is 1. The molecule has 0 saturated heterocycles. The molecule has 5 heteroatoms. The van der Waals surface area contributed by atoms with Gasteiger partial charge in [-0.1, -0.05) is 13.8 Å². The zero-order chi connectivity index (χ0) is 11.4. The van der Waals surface area contributed by atoms with Gasteiger partial charge in [-0.2, -0.15) is 0 Å². The van der Waals surface area contributed by atoms with E-state index in [-0.39, 0.29) is 11.9 Å². The van der Waals surface area contributed by atoms with E-state index in [1.807, 2.05) is 19.9 Å². The molecular weight excluding hydrogens is 276 g/mol. The van der Waals surface area contributed by atoms with Crippen LogP contribution in [0.5, 0.6) is 0 Å². The van der Waals surface area contributed by atoms with Crippen LogP contribution in [-0.4, -0.2) is 18.5 Å². The summed E-state index contributed by atoms with van der Waals surface area (Å²) in [7, 11) is 0. The quantitative estimate of drug-likeness (QED) is 0.893. The summed E-state index contributed by atoms with van der Waals surface area (Å²) >= 11 is 4.74. The summed E-state index contributed by atoms with van der Waals surface area (Å²) in [5.41, 5.74) is 5.83. The van der Waals surface area contributed by atoms with Gasteiger partial charge >= 0.3 is 0 Å². The highest BCUT2D eigenvalue weighted by molar-refractivity contribution is 9.11. The van der Waals surface area contributed by atoms with Crippen LogP contribution in [0, 0.1) is 5.92 Å². The van der Waals surface area contributed by atoms with Crippen molar-refractivity contribution >= 4 is 33.2 Å². The molecule has 84 valence electrons.